The molecular formula is C33H40N4O8S. The van der Waals surface area contributed by atoms with Crippen LogP contribution < -0.4 is 35.6 Å². The number of fused-ring (bicyclic) bond motifs is 3. The normalized spacial score (nSPS) is 14.8. The number of aromatic nitrogens is 1. The van der Waals surface area contributed by atoms with Gasteiger partial charge in [-0.15, -0.1) is 11.3 Å². The van der Waals surface area contributed by atoms with E-state index in [-0.39, 0.29) is 40.4 Å². The summed E-state index contributed by atoms with van der Waals surface area (Å²) in [6, 6.07) is 5.54. The number of esters is 1. The molecule has 0 radical (unpaired) electrons. The lowest BCUT2D eigenvalue weighted by Crippen LogP contribution is -2.40. The average molecular weight is 653 g/mol. The van der Waals surface area contributed by atoms with Gasteiger partial charge in [0.2, 0.25) is 23.0 Å². The molecule has 3 unspecified atom stereocenters. The topological polar surface area (TPSA) is 154 Å². The van der Waals surface area contributed by atoms with Crippen molar-refractivity contribution < 1.29 is 33.3 Å². The molecule has 2 aromatic carbocycles. The van der Waals surface area contributed by atoms with E-state index in [0.717, 1.165) is 22.5 Å². The predicted molar refractivity (Wildman–Crippen MR) is 176 cm³/mol. The summed E-state index contributed by atoms with van der Waals surface area (Å²) in [4.78, 5) is 55.9. The van der Waals surface area contributed by atoms with Gasteiger partial charge in [0.05, 0.1) is 39.7 Å². The van der Waals surface area contributed by atoms with Crippen molar-refractivity contribution in [3.63, 3.8) is 0 Å². The van der Waals surface area contributed by atoms with Crippen molar-refractivity contribution in [3.05, 3.63) is 56.7 Å². The number of carbonyl (C=O) groups excluding carboxylic acids is 3. The van der Waals surface area contributed by atoms with E-state index in [1.807, 2.05) is 19.9 Å². The van der Waals surface area contributed by atoms with Crippen LogP contribution in [0.3, 0.4) is 0 Å². The number of anilines is 2. The number of amides is 2. The van der Waals surface area contributed by atoms with Gasteiger partial charge in [-0.05, 0) is 60.6 Å². The third-order valence-electron chi connectivity index (χ3n) is 7.94. The van der Waals surface area contributed by atoms with Crippen molar-refractivity contribution in [2.24, 2.45) is 5.92 Å². The summed E-state index contributed by atoms with van der Waals surface area (Å²) >= 11 is 1.10. The van der Waals surface area contributed by atoms with Crippen LogP contribution in [0.25, 0.3) is 11.1 Å². The quantitative estimate of drug-likeness (QED) is 0.229. The van der Waals surface area contributed by atoms with Crippen molar-refractivity contribution in [2.75, 3.05) is 38.6 Å². The Morgan fingerprint density at radius 3 is 2.43 bits per heavy atom. The molecule has 13 heteroatoms. The van der Waals surface area contributed by atoms with Gasteiger partial charge in [-0.3, -0.25) is 14.4 Å². The van der Waals surface area contributed by atoms with E-state index in [9.17, 15) is 19.2 Å². The molecule has 46 heavy (non-hydrogen) atoms. The van der Waals surface area contributed by atoms with Gasteiger partial charge in [0.15, 0.2) is 22.3 Å². The third kappa shape index (κ3) is 7.25. The van der Waals surface area contributed by atoms with Crippen LogP contribution in [-0.2, 0) is 20.7 Å². The first kappa shape index (κ1) is 34.2. The second-order valence-corrected chi connectivity index (χ2v) is 11.7. The number of methoxy groups -OCH3 is 3. The second kappa shape index (κ2) is 15.1. The monoisotopic (exact) mass is 652 g/mol. The molecule has 3 atom stereocenters. The van der Waals surface area contributed by atoms with Crippen molar-refractivity contribution in [3.8, 4) is 28.4 Å². The number of hydrogen-bond donors (Lipinski definition) is 3. The number of aryl methyl sites for hydroxylation is 1. The minimum Gasteiger partial charge on any atom is -0.493 e. The van der Waals surface area contributed by atoms with Gasteiger partial charge in [-0.1, -0.05) is 26.3 Å². The van der Waals surface area contributed by atoms with Crippen molar-refractivity contribution in [1.82, 2.24) is 10.3 Å². The molecule has 246 valence electrons. The largest absolute Gasteiger partial charge is 0.493 e. The minimum atomic E-state index is -0.813. The minimum absolute atomic E-state index is 0.104. The van der Waals surface area contributed by atoms with Gasteiger partial charge in [-0.25, -0.2) is 9.78 Å². The number of hydrogen-bond acceptors (Lipinski definition) is 11. The summed E-state index contributed by atoms with van der Waals surface area (Å²) in [5.41, 5.74) is 2.85. The van der Waals surface area contributed by atoms with Crippen LogP contribution in [0.15, 0.2) is 34.4 Å². The Hall–Kier alpha value is -4.65. The smallest absolute Gasteiger partial charge is 0.357 e. The number of nitrogens with zero attached hydrogens (tertiary/aromatic N) is 1. The Labute approximate surface area is 271 Å². The van der Waals surface area contributed by atoms with Crippen LogP contribution in [-0.4, -0.2) is 56.7 Å². The molecule has 0 saturated carbocycles. The number of benzene rings is 1. The highest BCUT2D eigenvalue weighted by molar-refractivity contribution is 7.14. The maximum absolute atomic E-state index is 13.8. The van der Waals surface area contributed by atoms with Gasteiger partial charge < -0.3 is 34.9 Å². The van der Waals surface area contributed by atoms with E-state index in [1.165, 1.54) is 32.6 Å². The molecule has 12 nitrogen and oxygen atoms in total. The number of thiazole rings is 1. The molecule has 2 amide bonds. The lowest BCUT2D eigenvalue weighted by atomic mass is 9.95. The van der Waals surface area contributed by atoms with E-state index in [0.29, 0.717) is 47.6 Å². The highest BCUT2D eigenvalue weighted by atomic mass is 32.1. The highest BCUT2D eigenvalue weighted by Gasteiger charge is 2.31. The van der Waals surface area contributed by atoms with Gasteiger partial charge >= 0.3 is 5.97 Å². The van der Waals surface area contributed by atoms with Crippen molar-refractivity contribution in [2.45, 2.75) is 59.0 Å². The second-order valence-electron chi connectivity index (χ2n) is 10.9. The average Bonchev–Trinajstić information content (AvgIpc) is 3.38. The molecule has 3 N–H and O–H groups in total. The summed E-state index contributed by atoms with van der Waals surface area (Å²) in [6.07, 6.45) is 1.72. The summed E-state index contributed by atoms with van der Waals surface area (Å²) < 4.78 is 22.1. The molecule has 0 fully saturated rings. The molecule has 1 aromatic heterocycles. The predicted octanol–water partition coefficient (Wildman–Crippen LogP) is 4.96. The fourth-order valence-corrected chi connectivity index (χ4v) is 6.19. The zero-order chi connectivity index (χ0) is 33.5. The first-order valence-corrected chi connectivity index (χ1v) is 15.9. The lowest BCUT2D eigenvalue weighted by molar-refractivity contribution is -0.120. The van der Waals surface area contributed by atoms with Crippen LogP contribution >= 0.6 is 11.3 Å². The van der Waals surface area contributed by atoms with Crippen molar-refractivity contribution >= 4 is 39.9 Å². The van der Waals surface area contributed by atoms with Gasteiger partial charge in [0.25, 0.3) is 0 Å². The number of carbonyl (C=O) groups is 3. The molecule has 0 aliphatic heterocycles. The summed E-state index contributed by atoms with van der Waals surface area (Å²) in [7, 11) is 4.61. The molecule has 4 rings (SSSR count). The van der Waals surface area contributed by atoms with Crippen LogP contribution in [0.1, 0.15) is 68.2 Å². The Morgan fingerprint density at radius 1 is 1.07 bits per heavy atom. The van der Waals surface area contributed by atoms with Crippen LogP contribution in [0, 0.1) is 5.92 Å². The maximum atomic E-state index is 13.8. The summed E-state index contributed by atoms with van der Waals surface area (Å²) in [6.45, 7) is 7.19. The van der Waals surface area contributed by atoms with E-state index in [4.69, 9.17) is 18.9 Å². The molecule has 0 bridgehead atoms. The van der Waals surface area contributed by atoms with Crippen LogP contribution in [0.4, 0.5) is 10.8 Å². The lowest BCUT2D eigenvalue weighted by Gasteiger charge is -2.23. The van der Waals surface area contributed by atoms with Gasteiger partial charge in [0.1, 0.15) is 6.04 Å². The Morgan fingerprint density at radius 2 is 1.80 bits per heavy atom. The fraction of sp³-hybridized carbons (Fsp3) is 0.424. The molecule has 0 spiro atoms. The summed E-state index contributed by atoms with van der Waals surface area (Å²) in [5.74, 6) is -0.0532. The van der Waals surface area contributed by atoms with E-state index < -0.39 is 24.0 Å². The molecule has 0 saturated heterocycles. The molecule has 1 heterocycles. The number of nitrogens with one attached hydrogen (secondary N) is 3. The standard InChI is InChI=1S/C33H40N4O8S/c1-8-17(3)28(31(40)37-33-36-24(16-46-33)32(41)45-9-2)35-23-13-11-20-21(15-25(23)39)22(34-18(4)38)12-10-19-14-26(42-5)29(43-6)30(44-7)27(19)20/h11,13-17,22,28H,8-10,12H2,1-7H3,(H,34,38)(H,35,39)(H,36,37,40). The first-order chi connectivity index (χ1) is 22.1. The van der Waals surface area contributed by atoms with Crippen LogP contribution in [0.5, 0.6) is 17.2 Å². The van der Waals surface area contributed by atoms with Crippen molar-refractivity contribution in [1.29, 1.82) is 0 Å². The molecule has 3 aromatic rings. The van der Waals surface area contributed by atoms with Gasteiger partial charge in [-0.2, -0.15) is 0 Å². The SMILES string of the molecule is CCOC(=O)c1csc(NC(=O)C(Nc2ccc3c(cc2=O)C(NC(C)=O)CCc2cc(OC)c(OC)c(OC)c2-3)C(C)CC)n1. The Kier molecular flexibility index (Phi) is 11.2. The van der Waals surface area contributed by atoms with E-state index >= 15 is 0 Å². The van der Waals surface area contributed by atoms with Gasteiger partial charge in [0, 0.05) is 17.9 Å². The maximum Gasteiger partial charge on any atom is 0.357 e. The summed E-state index contributed by atoms with van der Waals surface area (Å²) in [5, 5.41) is 10.7. The fourth-order valence-electron chi connectivity index (χ4n) is 5.51. The Balaban J connectivity index is 1.80. The number of rotatable bonds is 12. The number of ether oxygens (including phenoxy) is 4. The zero-order valence-corrected chi connectivity index (χ0v) is 27.9. The molecular weight excluding hydrogens is 612 g/mol. The first-order valence-electron chi connectivity index (χ1n) is 15.0. The third-order valence-corrected chi connectivity index (χ3v) is 8.70. The highest BCUT2D eigenvalue weighted by Crippen LogP contribution is 2.50. The molecule has 1 aliphatic rings. The van der Waals surface area contributed by atoms with E-state index in [1.54, 1.807) is 26.2 Å². The molecule has 1 aliphatic carbocycles. The Bertz CT molecular complexity index is 1670. The van der Waals surface area contributed by atoms with E-state index in [2.05, 4.69) is 20.9 Å². The zero-order valence-electron chi connectivity index (χ0n) is 27.1. The van der Waals surface area contributed by atoms with Crippen LogP contribution in [0.2, 0.25) is 0 Å².